The lowest BCUT2D eigenvalue weighted by atomic mass is 10.0. The van der Waals surface area contributed by atoms with Gasteiger partial charge in [-0.25, -0.2) is 0 Å². The first-order valence-corrected chi connectivity index (χ1v) is 8.32. The van der Waals surface area contributed by atoms with E-state index in [4.69, 9.17) is 0 Å². The zero-order chi connectivity index (χ0) is 15.4. The third kappa shape index (κ3) is 4.35. The van der Waals surface area contributed by atoms with Crippen LogP contribution in [-0.4, -0.2) is 60.4 Å². The number of nitrogens with one attached hydrogen (secondary N) is 1. The molecule has 0 aromatic carbocycles. The van der Waals surface area contributed by atoms with E-state index in [1.165, 1.54) is 0 Å². The summed E-state index contributed by atoms with van der Waals surface area (Å²) in [6.07, 6.45) is 4.66. The second kappa shape index (κ2) is 8.73. The normalized spacial score (nSPS) is 26.8. The number of likely N-dealkylation sites (N-methyl/N-ethyl adjacent to an activating group) is 1. The molecule has 0 bridgehead atoms. The van der Waals surface area contributed by atoms with Crippen LogP contribution in [0.3, 0.4) is 0 Å². The van der Waals surface area contributed by atoms with Crippen molar-refractivity contribution in [3.05, 3.63) is 0 Å². The quantitative estimate of drug-likeness (QED) is 0.833. The van der Waals surface area contributed by atoms with Crippen LogP contribution in [0.5, 0.6) is 0 Å². The van der Waals surface area contributed by atoms with Crippen molar-refractivity contribution >= 4 is 24.2 Å². The molecule has 2 saturated heterocycles. The molecule has 2 amide bonds. The molecule has 22 heavy (non-hydrogen) atoms. The number of halogens is 1. The molecule has 2 rings (SSSR count). The Balaban J connectivity index is 0.00000242. The molecule has 0 aromatic rings. The summed E-state index contributed by atoms with van der Waals surface area (Å²) < 4.78 is 0. The lowest BCUT2D eigenvalue weighted by Gasteiger charge is -2.34. The third-order valence-electron chi connectivity index (χ3n) is 4.89. The van der Waals surface area contributed by atoms with E-state index in [9.17, 15) is 9.59 Å². The minimum Gasteiger partial charge on any atom is -0.341 e. The van der Waals surface area contributed by atoms with Crippen LogP contribution >= 0.6 is 12.4 Å². The molecular formula is C16H30ClN3O2. The molecule has 3 unspecified atom stereocenters. The van der Waals surface area contributed by atoms with E-state index < -0.39 is 0 Å². The van der Waals surface area contributed by atoms with Crippen molar-refractivity contribution in [2.24, 2.45) is 5.92 Å². The predicted molar refractivity (Wildman–Crippen MR) is 90.1 cm³/mol. The van der Waals surface area contributed by atoms with Crippen LogP contribution in [0, 0.1) is 5.92 Å². The van der Waals surface area contributed by atoms with Gasteiger partial charge in [-0.1, -0.05) is 13.3 Å². The summed E-state index contributed by atoms with van der Waals surface area (Å²) in [6, 6.07) is 0.654. The van der Waals surface area contributed by atoms with Gasteiger partial charge in [-0.2, -0.15) is 0 Å². The van der Waals surface area contributed by atoms with Gasteiger partial charge in [-0.05, 0) is 33.2 Å². The van der Waals surface area contributed by atoms with Crippen LogP contribution in [0.1, 0.15) is 46.0 Å². The molecular weight excluding hydrogens is 302 g/mol. The van der Waals surface area contributed by atoms with Crippen molar-refractivity contribution in [1.29, 1.82) is 0 Å². The fourth-order valence-electron chi connectivity index (χ4n) is 3.57. The van der Waals surface area contributed by atoms with E-state index in [0.29, 0.717) is 19.0 Å². The van der Waals surface area contributed by atoms with Crippen molar-refractivity contribution < 1.29 is 9.59 Å². The summed E-state index contributed by atoms with van der Waals surface area (Å²) in [5.74, 6) is 0.193. The molecule has 2 aliphatic rings. The Morgan fingerprint density at radius 1 is 1.41 bits per heavy atom. The van der Waals surface area contributed by atoms with Gasteiger partial charge in [0.05, 0.1) is 5.92 Å². The predicted octanol–water partition coefficient (Wildman–Crippen LogP) is 1.66. The molecule has 2 heterocycles. The summed E-state index contributed by atoms with van der Waals surface area (Å²) in [6.45, 7) is 6.45. The summed E-state index contributed by atoms with van der Waals surface area (Å²) in [5.41, 5.74) is 0. The van der Waals surface area contributed by atoms with Gasteiger partial charge in [0.25, 0.3) is 0 Å². The average molecular weight is 332 g/mol. The molecule has 0 spiro atoms. The molecule has 1 N–H and O–H groups in total. The van der Waals surface area contributed by atoms with Gasteiger partial charge in [0.1, 0.15) is 0 Å². The second-order valence-corrected chi connectivity index (χ2v) is 6.50. The smallest absolute Gasteiger partial charge is 0.228 e. The third-order valence-corrected chi connectivity index (χ3v) is 4.89. The highest BCUT2D eigenvalue weighted by Gasteiger charge is 2.38. The highest BCUT2D eigenvalue weighted by molar-refractivity contribution is 5.89. The fourth-order valence-corrected chi connectivity index (χ4v) is 3.57. The number of carbonyl (C=O) groups is 2. The number of piperidine rings is 1. The zero-order valence-corrected chi connectivity index (χ0v) is 14.8. The van der Waals surface area contributed by atoms with Gasteiger partial charge in [0.15, 0.2) is 0 Å². The zero-order valence-electron chi connectivity index (χ0n) is 14.0. The SMILES string of the molecule is CCCC(C)N1CC(C(=O)N2CCCC(NC)C2)CC1=O.Cl. The first kappa shape index (κ1) is 19.2. The summed E-state index contributed by atoms with van der Waals surface area (Å²) >= 11 is 0. The van der Waals surface area contributed by atoms with E-state index in [-0.39, 0.29) is 36.2 Å². The Kier molecular flexibility index (Phi) is 7.63. The van der Waals surface area contributed by atoms with Crippen LogP contribution in [0.25, 0.3) is 0 Å². The summed E-state index contributed by atoms with van der Waals surface area (Å²) in [7, 11) is 1.95. The molecule has 2 fully saturated rings. The van der Waals surface area contributed by atoms with Gasteiger partial charge >= 0.3 is 0 Å². The van der Waals surface area contributed by atoms with Crippen molar-refractivity contribution in [2.75, 3.05) is 26.7 Å². The van der Waals surface area contributed by atoms with Crippen LogP contribution in [0.4, 0.5) is 0 Å². The molecule has 0 aromatic heterocycles. The molecule has 6 heteroatoms. The molecule has 2 aliphatic heterocycles. The summed E-state index contributed by atoms with van der Waals surface area (Å²) in [5, 5.41) is 3.26. The van der Waals surface area contributed by atoms with Gasteiger partial charge in [-0.15, -0.1) is 12.4 Å². The number of hydrogen-bond acceptors (Lipinski definition) is 3. The lowest BCUT2D eigenvalue weighted by molar-refractivity contribution is -0.137. The maximum absolute atomic E-state index is 12.7. The van der Waals surface area contributed by atoms with Crippen molar-refractivity contribution in [3.8, 4) is 0 Å². The molecule has 0 aliphatic carbocycles. The fraction of sp³-hybridized carbons (Fsp3) is 0.875. The lowest BCUT2D eigenvalue weighted by Crippen LogP contribution is -2.49. The minimum atomic E-state index is -0.132. The maximum Gasteiger partial charge on any atom is 0.228 e. The Morgan fingerprint density at radius 2 is 2.14 bits per heavy atom. The van der Waals surface area contributed by atoms with E-state index >= 15 is 0 Å². The second-order valence-electron chi connectivity index (χ2n) is 6.50. The minimum absolute atomic E-state index is 0. The van der Waals surface area contributed by atoms with Crippen molar-refractivity contribution in [2.45, 2.75) is 58.0 Å². The number of hydrogen-bond donors (Lipinski definition) is 1. The average Bonchev–Trinajstić information content (AvgIpc) is 2.89. The Bertz CT molecular complexity index is 392. The number of amides is 2. The largest absolute Gasteiger partial charge is 0.341 e. The molecule has 3 atom stereocenters. The molecule has 0 radical (unpaired) electrons. The first-order chi connectivity index (χ1) is 10.1. The molecule has 5 nitrogen and oxygen atoms in total. The van der Waals surface area contributed by atoms with Crippen molar-refractivity contribution in [1.82, 2.24) is 15.1 Å². The van der Waals surface area contributed by atoms with Gasteiger partial charge < -0.3 is 15.1 Å². The summed E-state index contributed by atoms with van der Waals surface area (Å²) in [4.78, 5) is 28.7. The molecule has 128 valence electrons. The van der Waals surface area contributed by atoms with Crippen LogP contribution in [0.2, 0.25) is 0 Å². The maximum atomic E-state index is 12.7. The van der Waals surface area contributed by atoms with Gasteiger partial charge in [-0.3, -0.25) is 9.59 Å². The number of nitrogens with zero attached hydrogens (tertiary/aromatic N) is 2. The van der Waals surface area contributed by atoms with E-state index in [2.05, 4.69) is 19.2 Å². The highest BCUT2D eigenvalue weighted by Crippen LogP contribution is 2.25. The van der Waals surface area contributed by atoms with Gasteiger partial charge in [0.2, 0.25) is 11.8 Å². The van der Waals surface area contributed by atoms with Crippen molar-refractivity contribution in [3.63, 3.8) is 0 Å². The topological polar surface area (TPSA) is 52.7 Å². The Labute approximate surface area is 140 Å². The standard InChI is InChI=1S/C16H29N3O2.ClH/c1-4-6-12(2)19-10-13(9-15(19)20)16(21)18-8-5-7-14(11-18)17-3;/h12-14,17H,4-11H2,1-3H3;1H. The number of likely N-dealkylation sites (tertiary alicyclic amines) is 2. The van der Waals surface area contributed by atoms with E-state index in [1.807, 2.05) is 16.8 Å². The van der Waals surface area contributed by atoms with E-state index in [0.717, 1.165) is 38.8 Å². The van der Waals surface area contributed by atoms with E-state index in [1.54, 1.807) is 0 Å². The first-order valence-electron chi connectivity index (χ1n) is 8.32. The van der Waals surface area contributed by atoms with Crippen LogP contribution in [-0.2, 0) is 9.59 Å². The monoisotopic (exact) mass is 331 g/mol. The Hall–Kier alpha value is -0.810. The molecule has 0 saturated carbocycles. The van der Waals surface area contributed by atoms with Gasteiger partial charge in [0, 0.05) is 38.1 Å². The van der Waals surface area contributed by atoms with Crippen LogP contribution in [0.15, 0.2) is 0 Å². The van der Waals surface area contributed by atoms with Crippen LogP contribution < -0.4 is 5.32 Å². The number of carbonyl (C=O) groups excluding carboxylic acids is 2. The Morgan fingerprint density at radius 3 is 2.77 bits per heavy atom. The number of rotatable bonds is 5. The highest BCUT2D eigenvalue weighted by atomic mass is 35.5.